The molecule has 0 atom stereocenters. The summed E-state index contributed by atoms with van der Waals surface area (Å²) in [5, 5.41) is 0. The van der Waals surface area contributed by atoms with E-state index in [9.17, 15) is 18.0 Å². The quantitative estimate of drug-likeness (QED) is 0.665. The van der Waals surface area contributed by atoms with Gasteiger partial charge in [0, 0.05) is 26.2 Å². The van der Waals surface area contributed by atoms with E-state index >= 15 is 0 Å². The van der Waals surface area contributed by atoms with Crippen molar-refractivity contribution in [1.82, 2.24) is 9.80 Å². The van der Waals surface area contributed by atoms with Gasteiger partial charge < -0.3 is 19.3 Å². The molecule has 28 heavy (non-hydrogen) atoms. The fourth-order valence-electron chi connectivity index (χ4n) is 2.90. The van der Waals surface area contributed by atoms with Gasteiger partial charge in [0.25, 0.3) is 0 Å². The Morgan fingerprint density at radius 3 is 2.21 bits per heavy atom. The average Bonchev–Trinajstić information content (AvgIpc) is 2.66. The molecule has 1 heterocycles. The topological polar surface area (TPSA) is 96.5 Å². The molecule has 0 aliphatic carbocycles. The predicted octanol–water partition coefficient (Wildman–Crippen LogP) is 1.15. The largest absolute Gasteiger partial charge is 0.492 e. The van der Waals surface area contributed by atoms with Crippen molar-refractivity contribution in [3.05, 3.63) is 24.3 Å². The fourth-order valence-corrected chi connectivity index (χ4v) is 3.75. The normalized spacial score (nSPS) is 14.5. The van der Waals surface area contributed by atoms with E-state index in [0.717, 1.165) is 10.6 Å². The molecule has 1 aliphatic rings. The zero-order chi connectivity index (χ0) is 20.7. The van der Waals surface area contributed by atoms with Crippen molar-refractivity contribution >= 4 is 27.7 Å². The van der Waals surface area contributed by atoms with Crippen LogP contribution in [0.15, 0.2) is 24.3 Å². The van der Waals surface area contributed by atoms with Gasteiger partial charge in [-0.3, -0.25) is 9.10 Å². The number of sulfonamides is 1. The van der Waals surface area contributed by atoms with Crippen molar-refractivity contribution in [2.24, 2.45) is 0 Å². The zero-order valence-electron chi connectivity index (χ0n) is 16.5. The van der Waals surface area contributed by atoms with Gasteiger partial charge in [-0.1, -0.05) is 12.1 Å². The maximum atomic E-state index is 12.7. The van der Waals surface area contributed by atoms with Gasteiger partial charge in [-0.25, -0.2) is 13.2 Å². The van der Waals surface area contributed by atoms with Gasteiger partial charge in [0.1, 0.15) is 12.3 Å². The molecule has 0 bridgehead atoms. The average molecular weight is 413 g/mol. The number of ether oxygens (including phenoxy) is 2. The summed E-state index contributed by atoms with van der Waals surface area (Å²) < 4.78 is 36.2. The molecule has 1 fully saturated rings. The van der Waals surface area contributed by atoms with Crippen molar-refractivity contribution in [3.8, 4) is 5.75 Å². The molecular weight excluding hydrogens is 386 g/mol. The smallest absolute Gasteiger partial charge is 0.409 e. The van der Waals surface area contributed by atoms with Crippen molar-refractivity contribution in [2.75, 3.05) is 56.5 Å². The molecule has 2 amide bonds. The van der Waals surface area contributed by atoms with Crippen LogP contribution in [0.25, 0.3) is 0 Å². The molecular formula is C18H27N3O6S. The van der Waals surface area contributed by atoms with Crippen LogP contribution < -0.4 is 9.04 Å². The first-order valence-corrected chi connectivity index (χ1v) is 11.0. The molecule has 0 radical (unpaired) electrons. The zero-order valence-corrected chi connectivity index (χ0v) is 17.3. The van der Waals surface area contributed by atoms with Gasteiger partial charge in [-0.15, -0.1) is 0 Å². The monoisotopic (exact) mass is 413 g/mol. The Bertz CT molecular complexity index is 790. The second-order valence-corrected chi connectivity index (χ2v) is 8.14. The van der Waals surface area contributed by atoms with Gasteiger partial charge in [0.05, 0.1) is 25.2 Å². The molecule has 1 aromatic rings. The van der Waals surface area contributed by atoms with Crippen LogP contribution in [0.5, 0.6) is 5.75 Å². The number of carbonyl (C=O) groups excluding carboxylic acids is 2. The van der Waals surface area contributed by atoms with E-state index in [2.05, 4.69) is 0 Å². The van der Waals surface area contributed by atoms with Gasteiger partial charge in [0.15, 0.2) is 0 Å². The van der Waals surface area contributed by atoms with Crippen LogP contribution in [-0.4, -0.2) is 82.4 Å². The van der Waals surface area contributed by atoms with E-state index in [0.29, 0.717) is 50.8 Å². The van der Waals surface area contributed by atoms with E-state index in [1.807, 2.05) is 0 Å². The lowest BCUT2D eigenvalue weighted by Gasteiger charge is -2.35. The minimum atomic E-state index is -3.70. The number of amides is 2. The third-order valence-electron chi connectivity index (χ3n) is 4.27. The molecule has 0 spiro atoms. The minimum absolute atomic E-state index is 0.292. The highest BCUT2D eigenvalue weighted by molar-refractivity contribution is 7.92. The van der Waals surface area contributed by atoms with Crippen LogP contribution in [0, 0.1) is 0 Å². The maximum Gasteiger partial charge on any atom is 0.409 e. The molecule has 1 aliphatic heterocycles. The summed E-state index contributed by atoms with van der Waals surface area (Å²) in [4.78, 5) is 27.6. The highest BCUT2D eigenvalue weighted by atomic mass is 32.2. The Morgan fingerprint density at radius 2 is 1.64 bits per heavy atom. The number of piperazine rings is 1. The summed E-state index contributed by atoms with van der Waals surface area (Å²) in [6.45, 7) is 5.21. The van der Waals surface area contributed by atoms with E-state index < -0.39 is 16.1 Å². The molecule has 9 nitrogen and oxygen atoms in total. The molecule has 0 aromatic heterocycles. The second-order valence-electron chi connectivity index (χ2n) is 6.24. The standard InChI is InChI=1S/C18H27N3O6S/c1-4-26-16-9-7-6-8-15(16)21(28(3,24)25)14-17(22)19-10-12-20(13-11-19)18(23)27-5-2/h6-9H,4-5,10-14H2,1-3H3. The van der Waals surface area contributed by atoms with E-state index in [1.165, 1.54) is 4.90 Å². The number of nitrogens with zero attached hydrogens (tertiary/aromatic N) is 3. The molecule has 10 heteroatoms. The third kappa shape index (κ3) is 5.51. The number of hydrogen-bond donors (Lipinski definition) is 0. The summed E-state index contributed by atoms with van der Waals surface area (Å²) in [6.07, 6.45) is 0.653. The third-order valence-corrected chi connectivity index (χ3v) is 5.40. The molecule has 2 rings (SSSR count). The van der Waals surface area contributed by atoms with Crippen molar-refractivity contribution < 1.29 is 27.5 Å². The van der Waals surface area contributed by atoms with E-state index in [4.69, 9.17) is 9.47 Å². The van der Waals surface area contributed by atoms with Crippen molar-refractivity contribution in [2.45, 2.75) is 13.8 Å². The van der Waals surface area contributed by atoms with Crippen molar-refractivity contribution in [1.29, 1.82) is 0 Å². The van der Waals surface area contributed by atoms with Crippen molar-refractivity contribution in [3.63, 3.8) is 0 Å². The first-order valence-electron chi connectivity index (χ1n) is 9.17. The number of hydrogen-bond acceptors (Lipinski definition) is 6. The van der Waals surface area contributed by atoms with Gasteiger partial charge in [-0.05, 0) is 26.0 Å². The van der Waals surface area contributed by atoms with Crippen LogP contribution in [0.2, 0.25) is 0 Å². The van der Waals surface area contributed by atoms with Gasteiger partial charge in [0.2, 0.25) is 15.9 Å². The number of benzene rings is 1. The summed E-state index contributed by atoms with van der Waals surface area (Å²) in [5.74, 6) is 0.0654. The number of rotatable bonds is 7. The number of anilines is 1. The SMILES string of the molecule is CCOC(=O)N1CCN(C(=O)CN(c2ccccc2OCC)S(C)(=O)=O)CC1. The lowest BCUT2D eigenvalue weighted by atomic mass is 10.2. The summed E-state index contributed by atoms with van der Waals surface area (Å²) >= 11 is 0. The Labute approximate surface area is 165 Å². The molecule has 1 aromatic carbocycles. The van der Waals surface area contributed by atoms with Gasteiger partial charge >= 0.3 is 6.09 Å². The molecule has 0 unspecified atom stereocenters. The van der Waals surface area contributed by atoms with E-state index in [-0.39, 0.29) is 12.5 Å². The number of carbonyl (C=O) groups is 2. The first kappa shape index (κ1) is 21.8. The highest BCUT2D eigenvalue weighted by Crippen LogP contribution is 2.29. The van der Waals surface area contributed by atoms with Crippen LogP contribution >= 0.6 is 0 Å². The van der Waals surface area contributed by atoms with E-state index in [1.54, 1.807) is 43.0 Å². The van der Waals surface area contributed by atoms with Crippen LogP contribution in [0.4, 0.5) is 10.5 Å². The summed E-state index contributed by atoms with van der Waals surface area (Å²) in [7, 11) is -3.70. The molecule has 0 saturated carbocycles. The molecule has 1 saturated heterocycles. The Balaban J connectivity index is 2.10. The Hall–Kier alpha value is -2.49. The summed E-state index contributed by atoms with van der Waals surface area (Å²) in [5.41, 5.74) is 0.324. The van der Waals surface area contributed by atoms with Crippen LogP contribution in [-0.2, 0) is 19.6 Å². The number of para-hydroxylation sites is 2. The highest BCUT2D eigenvalue weighted by Gasteiger charge is 2.29. The fraction of sp³-hybridized carbons (Fsp3) is 0.556. The molecule has 0 N–H and O–H groups in total. The lowest BCUT2D eigenvalue weighted by molar-refractivity contribution is -0.131. The minimum Gasteiger partial charge on any atom is -0.492 e. The first-order chi connectivity index (χ1) is 13.3. The predicted molar refractivity (Wildman–Crippen MR) is 105 cm³/mol. The van der Waals surface area contributed by atoms with Crippen LogP contribution in [0.1, 0.15) is 13.8 Å². The van der Waals surface area contributed by atoms with Crippen LogP contribution in [0.3, 0.4) is 0 Å². The van der Waals surface area contributed by atoms with Gasteiger partial charge in [-0.2, -0.15) is 0 Å². The summed E-state index contributed by atoms with van der Waals surface area (Å²) in [6, 6.07) is 6.71. The lowest BCUT2D eigenvalue weighted by Crippen LogP contribution is -2.53. The molecule has 156 valence electrons. The Morgan fingerprint density at radius 1 is 1.04 bits per heavy atom. The Kier molecular flexibility index (Phi) is 7.50. The maximum absolute atomic E-state index is 12.7. The second kappa shape index (κ2) is 9.63.